The normalized spacial score (nSPS) is 13.9. The van der Waals surface area contributed by atoms with Crippen LogP contribution in [0.3, 0.4) is 0 Å². The Morgan fingerprint density at radius 2 is 1.18 bits per heavy atom. The summed E-state index contributed by atoms with van der Waals surface area (Å²) in [5, 5.41) is 0. The number of nitrogens with two attached hydrogens (primary N) is 2. The fourth-order valence-electron chi connectivity index (χ4n) is 1.10. The lowest BCUT2D eigenvalue weighted by molar-refractivity contribution is -0.150. The lowest BCUT2D eigenvalue weighted by Crippen LogP contribution is -2.31. The van der Waals surface area contributed by atoms with Crippen molar-refractivity contribution in [3.8, 4) is 0 Å². The SMILES string of the molecule is Nc1c(F)c(F)c([C@H](N)C(F)(F)F)c(F)c1F. The Kier molecular flexibility index (Phi) is 3.24. The Hall–Kier alpha value is -1.51. The molecule has 0 saturated carbocycles. The van der Waals surface area contributed by atoms with E-state index < -0.39 is 46.7 Å². The van der Waals surface area contributed by atoms with Crippen LogP contribution < -0.4 is 11.5 Å². The first kappa shape index (κ1) is 13.6. The van der Waals surface area contributed by atoms with Crippen molar-refractivity contribution in [2.45, 2.75) is 12.2 Å². The molecule has 2 nitrogen and oxygen atoms in total. The van der Waals surface area contributed by atoms with E-state index in [9.17, 15) is 30.7 Å². The molecule has 0 amide bonds. The predicted molar refractivity (Wildman–Crippen MR) is 43.7 cm³/mol. The van der Waals surface area contributed by atoms with Crippen LogP contribution in [0.5, 0.6) is 0 Å². The smallest absolute Gasteiger partial charge is 0.394 e. The molecule has 0 aliphatic carbocycles. The molecule has 0 heterocycles. The second-order valence-electron chi connectivity index (χ2n) is 3.10. The minimum absolute atomic E-state index is 1.54. The third kappa shape index (κ3) is 2.14. The zero-order chi connectivity index (χ0) is 13.5. The maximum atomic E-state index is 13.0. The molecule has 1 aromatic carbocycles. The highest BCUT2D eigenvalue weighted by molar-refractivity contribution is 5.46. The summed E-state index contributed by atoms with van der Waals surface area (Å²) in [6.07, 6.45) is -5.25. The van der Waals surface area contributed by atoms with Gasteiger partial charge in [0.15, 0.2) is 23.3 Å². The molecule has 0 aliphatic rings. The van der Waals surface area contributed by atoms with Crippen LogP contribution in [-0.4, -0.2) is 6.18 Å². The van der Waals surface area contributed by atoms with Crippen molar-refractivity contribution < 1.29 is 30.7 Å². The Morgan fingerprint density at radius 1 is 0.824 bits per heavy atom. The largest absolute Gasteiger partial charge is 0.407 e. The van der Waals surface area contributed by atoms with E-state index in [1.165, 1.54) is 0 Å². The van der Waals surface area contributed by atoms with Gasteiger partial charge in [-0.3, -0.25) is 0 Å². The molecule has 4 N–H and O–H groups in total. The van der Waals surface area contributed by atoms with Crippen LogP contribution in [0.2, 0.25) is 0 Å². The van der Waals surface area contributed by atoms with Gasteiger partial charge in [0.05, 0.1) is 5.56 Å². The van der Waals surface area contributed by atoms with Crippen LogP contribution in [0.25, 0.3) is 0 Å². The molecule has 9 heteroatoms. The van der Waals surface area contributed by atoms with E-state index in [0.29, 0.717) is 0 Å². The van der Waals surface area contributed by atoms with Crippen molar-refractivity contribution >= 4 is 5.69 Å². The van der Waals surface area contributed by atoms with Crippen molar-refractivity contribution in [1.29, 1.82) is 0 Å². The minimum Gasteiger partial charge on any atom is -0.394 e. The third-order valence-corrected chi connectivity index (χ3v) is 1.99. The van der Waals surface area contributed by atoms with Gasteiger partial charge in [0.2, 0.25) is 0 Å². The summed E-state index contributed by atoms with van der Waals surface area (Å²) in [6, 6.07) is -3.19. The number of hydrogen-bond acceptors (Lipinski definition) is 2. The molecule has 17 heavy (non-hydrogen) atoms. The van der Waals surface area contributed by atoms with Crippen molar-refractivity contribution in [3.05, 3.63) is 28.8 Å². The van der Waals surface area contributed by atoms with E-state index in [4.69, 9.17) is 0 Å². The molecular weight excluding hydrogens is 257 g/mol. The van der Waals surface area contributed by atoms with E-state index in [1.54, 1.807) is 0 Å². The molecule has 0 fully saturated rings. The minimum atomic E-state index is -5.25. The molecule has 0 radical (unpaired) electrons. The predicted octanol–water partition coefficient (Wildman–Crippen LogP) is 2.39. The molecule has 0 bridgehead atoms. The van der Waals surface area contributed by atoms with Crippen molar-refractivity contribution in [3.63, 3.8) is 0 Å². The summed E-state index contributed by atoms with van der Waals surface area (Å²) >= 11 is 0. The Bertz CT molecular complexity index is 425. The number of hydrogen-bond donors (Lipinski definition) is 2. The van der Waals surface area contributed by atoms with Crippen LogP contribution in [0.4, 0.5) is 36.4 Å². The van der Waals surface area contributed by atoms with Gasteiger partial charge in [-0.2, -0.15) is 13.2 Å². The second kappa shape index (κ2) is 4.06. The Labute approximate surface area is 90.0 Å². The highest BCUT2D eigenvalue weighted by Crippen LogP contribution is 2.36. The van der Waals surface area contributed by atoms with E-state index in [-0.39, 0.29) is 0 Å². The number of rotatable bonds is 1. The van der Waals surface area contributed by atoms with Crippen LogP contribution in [0, 0.1) is 23.3 Å². The summed E-state index contributed by atoms with van der Waals surface area (Å²) in [4.78, 5) is 0. The molecule has 96 valence electrons. The lowest BCUT2D eigenvalue weighted by Gasteiger charge is -2.18. The zero-order valence-electron chi connectivity index (χ0n) is 7.88. The Morgan fingerprint density at radius 3 is 1.47 bits per heavy atom. The maximum Gasteiger partial charge on any atom is 0.407 e. The van der Waals surface area contributed by atoms with Crippen LogP contribution >= 0.6 is 0 Å². The molecule has 1 aromatic rings. The van der Waals surface area contributed by atoms with Crippen LogP contribution in [-0.2, 0) is 0 Å². The summed E-state index contributed by atoms with van der Waals surface area (Å²) in [7, 11) is 0. The van der Waals surface area contributed by atoms with Crippen LogP contribution in [0.1, 0.15) is 11.6 Å². The number of alkyl halides is 3. The van der Waals surface area contributed by atoms with E-state index >= 15 is 0 Å². The van der Waals surface area contributed by atoms with Gasteiger partial charge in [0.25, 0.3) is 0 Å². The highest BCUT2D eigenvalue weighted by Gasteiger charge is 2.43. The molecule has 0 unspecified atom stereocenters. The van der Waals surface area contributed by atoms with Crippen molar-refractivity contribution in [2.24, 2.45) is 5.73 Å². The van der Waals surface area contributed by atoms with E-state index in [1.807, 2.05) is 0 Å². The quantitative estimate of drug-likeness (QED) is 0.464. The van der Waals surface area contributed by atoms with Gasteiger partial charge in [-0.1, -0.05) is 0 Å². The fourth-order valence-corrected chi connectivity index (χ4v) is 1.10. The average molecular weight is 262 g/mol. The number of halogens is 7. The molecule has 1 atom stereocenters. The highest BCUT2D eigenvalue weighted by atomic mass is 19.4. The van der Waals surface area contributed by atoms with Gasteiger partial charge < -0.3 is 11.5 Å². The van der Waals surface area contributed by atoms with Gasteiger partial charge in [-0.25, -0.2) is 17.6 Å². The van der Waals surface area contributed by atoms with Crippen molar-refractivity contribution in [2.75, 3.05) is 5.73 Å². The fraction of sp³-hybridized carbons (Fsp3) is 0.250. The molecule has 0 saturated heterocycles. The maximum absolute atomic E-state index is 13.0. The zero-order valence-corrected chi connectivity index (χ0v) is 7.88. The summed E-state index contributed by atoms with van der Waals surface area (Å²) in [6.45, 7) is 0. The first-order valence-electron chi connectivity index (χ1n) is 4.02. The van der Waals surface area contributed by atoms with Crippen LogP contribution in [0.15, 0.2) is 0 Å². The molecule has 1 rings (SSSR count). The first-order valence-corrected chi connectivity index (χ1v) is 4.02. The number of nitrogen functional groups attached to an aromatic ring is 1. The van der Waals surface area contributed by atoms with Gasteiger partial charge in [-0.15, -0.1) is 0 Å². The van der Waals surface area contributed by atoms with E-state index in [0.717, 1.165) is 0 Å². The Balaban J connectivity index is 3.55. The van der Waals surface area contributed by atoms with Crippen molar-refractivity contribution in [1.82, 2.24) is 0 Å². The topological polar surface area (TPSA) is 52.0 Å². The molecule has 0 spiro atoms. The summed E-state index contributed by atoms with van der Waals surface area (Å²) in [5.74, 6) is -8.74. The lowest BCUT2D eigenvalue weighted by atomic mass is 10.0. The average Bonchev–Trinajstić information content (AvgIpc) is 2.22. The molecule has 0 aliphatic heterocycles. The molecular formula is C8H5F7N2. The third-order valence-electron chi connectivity index (χ3n) is 1.99. The van der Waals surface area contributed by atoms with E-state index in [2.05, 4.69) is 11.5 Å². The second-order valence-corrected chi connectivity index (χ2v) is 3.10. The number of benzene rings is 1. The summed E-state index contributed by atoms with van der Waals surface area (Å²) < 4.78 is 88.2. The van der Waals surface area contributed by atoms with Gasteiger partial charge in [0, 0.05) is 0 Å². The first-order chi connectivity index (χ1) is 7.59. The van der Waals surface area contributed by atoms with Gasteiger partial charge in [0.1, 0.15) is 11.7 Å². The monoisotopic (exact) mass is 262 g/mol. The molecule has 0 aromatic heterocycles. The number of anilines is 1. The van der Waals surface area contributed by atoms with Gasteiger partial charge >= 0.3 is 6.18 Å². The standard InChI is InChI=1S/C8H5F7N2/c9-2-1(7(17)8(13,14)15)3(10)5(12)6(16)4(2)11/h7H,16-17H2/t7-/m0/s1. The van der Waals surface area contributed by atoms with Gasteiger partial charge in [-0.05, 0) is 0 Å². The summed E-state index contributed by atoms with van der Waals surface area (Å²) in [5.41, 5.74) is 5.61.